The largest absolute Gasteiger partial charge is 0.381 e. The van der Waals surface area contributed by atoms with E-state index >= 15 is 0 Å². The van der Waals surface area contributed by atoms with Gasteiger partial charge in [0, 0.05) is 4.47 Å². The predicted molar refractivity (Wildman–Crippen MR) is 60.7 cm³/mol. The molecule has 0 spiro atoms. The number of aromatic nitrogens is 4. The highest BCUT2D eigenvalue weighted by Crippen LogP contribution is 2.15. The molecule has 0 bridgehead atoms. The number of hydrogen-bond donors (Lipinski definition) is 1. The van der Waals surface area contributed by atoms with Crippen LogP contribution in [0.5, 0.6) is 0 Å². The van der Waals surface area contributed by atoms with Crippen molar-refractivity contribution in [1.29, 1.82) is 0 Å². The first-order valence-corrected chi connectivity index (χ1v) is 5.20. The van der Waals surface area contributed by atoms with Gasteiger partial charge in [0.1, 0.15) is 5.69 Å². The molecule has 0 unspecified atom stereocenters. The zero-order valence-corrected chi connectivity index (χ0v) is 9.98. The van der Waals surface area contributed by atoms with E-state index in [-0.39, 0.29) is 0 Å². The Hall–Kier alpha value is -1.43. The van der Waals surface area contributed by atoms with Crippen LogP contribution in [0.1, 0.15) is 11.4 Å². The van der Waals surface area contributed by atoms with Crippen molar-refractivity contribution in [3.8, 4) is 5.82 Å². The number of rotatable bonds is 1. The summed E-state index contributed by atoms with van der Waals surface area (Å²) < 4.78 is 0.961. The molecule has 2 rings (SSSR count). The zero-order chi connectivity index (χ0) is 11.0. The molecule has 0 aromatic carbocycles. The number of nitrogens with zero attached hydrogens (tertiary/aromatic N) is 4. The third-order valence-electron chi connectivity index (χ3n) is 2.03. The van der Waals surface area contributed by atoms with Gasteiger partial charge in [0.25, 0.3) is 0 Å². The number of aryl methyl sites for hydroxylation is 2. The van der Waals surface area contributed by atoms with Gasteiger partial charge in [-0.3, -0.25) is 0 Å². The molecule has 0 saturated heterocycles. The van der Waals surface area contributed by atoms with E-state index in [4.69, 9.17) is 5.73 Å². The number of nitrogen functional groups attached to an aromatic ring is 1. The molecule has 0 saturated carbocycles. The van der Waals surface area contributed by atoms with Crippen LogP contribution in [0.25, 0.3) is 5.82 Å². The van der Waals surface area contributed by atoms with Crippen molar-refractivity contribution in [2.75, 3.05) is 5.73 Å². The highest BCUT2D eigenvalue weighted by atomic mass is 79.9. The van der Waals surface area contributed by atoms with Crippen LogP contribution in [0.15, 0.2) is 16.6 Å². The second-order valence-electron chi connectivity index (χ2n) is 3.20. The fourth-order valence-electron chi connectivity index (χ4n) is 1.13. The molecule has 6 heteroatoms. The standard InChI is InChI=1S/C9H10BrN5/c1-5-7(10)3-4-8(12-5)15-13-6(2)9(11)14-15/h3-4H,1-2H3,(H2,11,14). The van der Waals surface area contributed by atoms with Crippen molar-refractivity contribution >= 4 is 21.7 Å². The number of nitrogens with two attached hydrogens (primary N) is 1. The van der Waals surface area contributed by atoms with Crippen molar-refractivity contribution in [3.05, 3.63) is 28.0 Å². The molecule has 0 radical (unpaired) electrons. The molecule has 0 fully saturated rings. The lowest BCUT2D eigenvalue weighted by Gasteiger charge is -2.01. The summed E-state index contributed by atoms with van der Waals surface area (Å²) in [6.07, 6.45) is 0. The first kappa shape index (κ1) is 10.1. The molecule has 15 heavy (non-hydrogen) atoms. The molecule has 0 aliphatic heterocycles. The van der Waals surface area contributed by atoms with E-state index in [2.05, 4.69) is 31.1 Å². The van der Waals surface area contributed by atoms with Crippen LogP contribution in [0, 0.1) is 13.8 Å². The van der Waals surface area contributed by atoms with E-state index in [1.54, 1.807) is 0 Å². The quantitative estimate of drug-likeness (QED) is 0.853. The zero-order valence-electron chi connectivity index (χ0n) is 8.40. The summed E-state index contributed by atoms with van der Waals surface area (Å²) in [4.78, 5) is 5.77. The summed E-state index contributed by atoms with van der Waals surface area (Å²) in [5.74, 6) is 1.09. The molecule has 5 nitrogen and oxygen atoms in total. The highest BCUT2D eigenvalue weighted by molar-refractivity contribution is 9.10. The van der Waals surface area contributed by atoms with Gasteiger partial charge >= 0.3 is 0 Å². The van der Waals surface area contributed by atoms with Gasteiger partial charge in [0.05, 0.1) is 5.69 Å². The lowest BCUT2D eigenvalue weighted by molar-refractivity contribution is 0.722. The average Bonchev–Trinajstić information content (AvgIpc) is 2.52. The first-order chi connectivity index (χ1) is 7.08. The van der Waals surface area contributed by atoms with Crippen molar-refractivity contribution in [2.45, 2.75) is 13.8 Å². The number of hydrogen-bond acceptors (Lipinski definition) is 4. The Kier molecular flexibility index (Phi) is 2.44. The summed E-state index contributed by atoms with van der Waals surface area (Å²) >= 11 is 3.38. The maximum Gasteiger partial charge on any atom is 0.174 e. The lowest BCUT2D eigenvalue weighted by atomic mass is 10.4. The number of anilines is 1. The lowest BCUT2D eigenvalue weighted by Crippen LogP contribution is -2.03. The van der Waals surface area contributed by atoms with E-state index in [9.17, 15) is 0 Å². The van der Waals surface area contributed by atoms with E-state index in [0.717, 1.165) is 10.2 Å². The van der Waals surface area contributed by atoms with Gasteiger partial charge in [-0.15, -0.1) is 15.0 Å². The molecular weight excluding hydrogens is 258 g/mol. The summed E-state index contributed by atoms with van der Waals surface area (Å²) in [7, 11) is 0. The molecule has 0 aliphatic rings. The SMILES string of the molecule is Cc1nc(-n2nc(C)c(N)n2)ccc1Br. The van der Waals surface area contributed by atoms with Crippen LogP contribution >= 0.6 is 15.9 Å². The second kappa shape index (κ2) is 3.62. The fourth-order valence-corrected chi connectivity index (χ4v) is 1.36. The second-order valence-corrected chi connectivity index (χ2v) is 4.05. The first-order valence-electron chi connectivity index (χ1n) is 4.41. The Bertz CT molecular complexity index is 486. The normalized spacial score (nSPS) is 10.6. The molecule has 2 N–H and O–H groups in total. The Labute approximate surface area is 95.4 Å². The minimum atomic E-state index is 0.428. The van der Waals surface area contributed by atoms with E-state index in [1.165, 1.54) is 4.80 Å². The van der Waals surface area contributed by atoms with Crippen LogP contribution in [0.3, 0.4) is 0 Å². The Balaban J connectivity index is 2.49. The topological polar surface area (TPSA) is 69.6 Å². The van der Waals surface area contributed by atoms with Crippen LogP contribution < -0.4 is 5.73 Å². The van der Waals surface area contributed by atoms with Crippen LogP contribution in [0.2, 0.25) is 0 Å². The van der Waals surface area contributed by atoms with E-state index < -0.39 is 0 Å². The van der Waals surface area contributed by atoms with Gasteiger partial charge < -0.3 is 5.73 Å². The Morgan fingerprint density at radius 1 is 1.20 bits per heavy atom. The molecular formula is C9H10BrN5. The van der Waals surface area contributed by atoms with Crippen molar-refractivity contribution in [2.24, 2.45) is 0 Å². The maximum absolute atomic E-state index is 5.61. The van der Waals surface area contributed by atoms with Gasteiger partial charge in [0.15, 0.2) is 11.6 Å². The summed E-state index contributed by atoms with van der Waals surface area (Å²) in [5.41, 5.74) is 7.21. The highest BCUT2D eigenvalue weighted by Gasteiger charge is 2.06. The van der Waals surface area contributed by atoms with Crippen molar-refractivity contribution in [1.82, 2.24) is 20.0 Å². The predicted octanol–water partition coefficient (Wildman–Crippen LogP) is 1.62. The number of halogens is 1. The Morgan fingerprint density at radius 2 is 1.93 bits per heavy atom. The molecule has 0 amide bonds. The van der Waals surface area contributed by atoms with Crippen LogP contribution in [-0.4, -0.2) is 20.0 Å². The van der Waals surface area contributed by atoms with Crippen molar-refractivity contribution in [3.63, 3.8) is 0 Å². The molecule has 0 aliphatic carbocycles. The minimum absolute atomic E-state index is 0.428. The van der Waals surface area contributed by atoms with E-state index in [0.29, 0.717) is 17.3 Å². The smallest absolute Gasteiger partial charge is 0.174 e. The maximum atomic E-state index is 5.61. The van der Waals surface area contributed by atoms with Gasteiger partial charge in [-0.25, -0.2) is 4.98 Å². The summed E-state index contributed by atoms with van der Waals surface area (Å²) in [6, 6.07) is 3.74. The van der Waals surface area contributed by atoms with Gasteiger partial charge in [0.2, 0.25) is 0 Å². The molecule has 2 aromatic heterocycles. The van der Waals surface area contributed by atoms with Gasteiger partial charge in [-0.05, 0) is 41.9 Å². The molecule has 2 aromatic rings. The van der Waals surface area contributed by atoms with Crippen LogP contribution in [-0.2, 0) is 0 Å². The van der Waals surface area contributed by atoms with Gasteiger partial charge in [-0.1, -0.05) is 0 Å². The summed E-state index contributed by atoms with van der Waals surface area (Å²) in [6.45, 7) is 3.72. The minimum Gasteiger partial charge on any atom is -0.381 e. The van der Waals surface area contributed by atoms with Gasteiger partial charge in [-0.2, -0.15) is 0 Å². The molecule has 2 heterocycles. The third-order valence-corrected chi connectivity index (χ3v) is 2.87. The van der Waals surface area contributed by atoms with Crippen LogP contribution in [0.4, 0.5) is 5.82 Å². The van der Waals surface area contributed by atoms with Crippen molar-refractivity contribution < 1.29 is 0 Å². The third kappa shape index (κ3) is 1.85. The summed E-state index contributed by atoms with van der Waals surface area (Å²) in [5, 5.41) is 8.21. The molecule has 0 atom stereocenters. The molecule has 78 valence electrons. The Morgan fingerprint density at radius 3 is 2.47 bits per heavy atom. The average molecular weight is 268 g/mol. The van der Waals surface area contributed by atoms with E-state index in [1.807, 2.05) is 26.0 Å². The number of pyridine rings is 1. The fraction of sp³-hybridized carbons (Fsp3) is 0.222. The monoisotopic (exact) mass is 267 g/mol.